The van der Waals surface area contributed by atoms with Gasteiger partial charge in [0.15, 0.2) is 0 Å². The topological polar surface area (TPSA) is 31.4 Å². The highest BCUT2D eigenvalue weighted by Gasteiger charge is 2.13. The molecule has 0 saturated carbocycles. The highest BCUT2D eigenvalue weighted by atomic mass is 35.5. The molecule has 0 atom stereocenters. The largest absolute Gasteiger partial charge is 0.367 e. The van der Waals surface area contributed by atoms with Gasteiger partial charge in [0.2, 0.25) is 0 Å². The van der Waals surface area contributed by atoms with Gasteiger partial charge in [0, 0.05) is 39.3 Å². The fraction of sp³-hybridized carbons (Fsp3) is 0.583. The van der Waals surface area contributed by atoms with Crippen molar-refractivity contribution in [3.05, 3.63) is 21.3 Å². The maximum atomic E-state index is 6.05. The summed E-state index contributed by atoms with van der Waals surface area (Å²) in [6.07, 6.45) is 0. The lowest BCUT2D eigenvalue weighted by Gasteiger charge is -2.32. The number of rotatable bonds is 4. The molecule has 1 aromatic rings. The zero-order valence-corrected chi connectivity index (χ0v) is 13.1. The second kappa shape index (κ2) is 6.95. The molecule has 0 bridgehead atoms. The number of likely N-dealkylation sites (N-methyl/N-ethyl adjacent to an activating group) is 1. The first-order valence-electron chi connectivity index (χ1n) is 6.22. The minimum Gasteiger partial charge on any atom is -0.367 e. The van der Waals surface area contributed by atoms with Crippen LogP contribution in [0.3, 0.4) is 0 Å². The molecule has 0 amide bonds. The Morgan fingerprint density at radius 2 is 1.84 bits per heavy atom. The van der Waals surface area contributed by atoms with E-state index < -0.39 is 0 Å². The van der Waals surface area contributed by atoms with Crippen molar-refractivity contribution in [1.82, 2.24) is 14.8 Å². The van der Waals surface area contributed by atoms with Gasteiger partial charge in [0.05, 0.1) is 10.0 Å². The molecule has 1 N–H and O–H groups in total. The van der Waals surface area contributed by atoms with Gasteiger partial charge in [-0.15, -0.1) is 0 Å². The van der Waals surface area contributed by atoms with Crippen LogP contribution in [0.5, 0.6) is 0 Å². The Morgan fingerprint density at radius 1 is 1.16 bits per heavy atom. The van der Waals surface area contributed by atoms with Crippen LogP contribution in [0.1, 0.15) is 0 Å². The third kappa shape index (κ3) is 4.36. The maximum absolute atomic E-state index is 6.05. The third-order valence-electron chi connectivity index (χ3n) is 3.20. The van der Waals surface area contributed by atoms with Crippen molar-refractivity contribution < 1.29 is 0 Å². The number of hydrogen-bond donors (Lipinski definition) is 1. The van der Waals surface area contributed by atoms with Crippen molar-refractivity contribution in [2.75, 3.05) is 51.6 Å². The number of piperazine rings is 1. The Kier molecular flexibility index (Phi) is 5.54. The number of nitrogens with zero attached hydrogens (tertiary/aromatic N) is 3. The van der Waals surface area contributed by atoms with E-state index in [1.807, 2.05) is 0 Å². The fourth-order valence-electron chi connectivity index (χ4n) is 1.97. The van der Waals surface area contributed by atoms with Gasteiger partial charge in [-0.25, -0.2) is 4.98 Å². The monoisotopic (exact) mass is 322 g/mol. The van der Waals surface area contributed by atoms with Crippen molar-refractivity contribution in [3.8, 4) is 0 Å². The Hall–Kier alpha value is -0.260. The summed E-state index contributed by atoms with van der Waals surface area (Å²) in [6, 6.07) is 1.61. The SMILES string of the molecule is CN1CCN(CCNc2nc(Cl)c(Cl)cc2Cl)CC1. The van der Waals surface area contributed by atoms with Crippen molar-refractivity contribution in [1.29, 1.82) is 0 Å². The molecule has 106 valence electrons. The Morgan fingerprint density at radius 3 is 2.53 bits per heavy atom. The summed E-state index contributed by atoms with van der Waals surface area (Å²) < 4.78 is 0. The van der Waals surface area contributed by atoms with Crippen LogP contribution in [0, 0.1) is 0 Å². The molecule has 0 spiro atoms. The van der Waals surface area contributed by atoms with Crippen molar-refractivity contribution in [2.24, 2.45) is 0 Å². The van der Waals surface area contributed by atoms with Gasteiger partial charge >= 0.3 is 0 Å². The van der Waals surface area contributed by atoms with E-state index in [9.17, 15) is 0 Å². The smallest absolute Gasteiger partial charge is 0.150 e. The van der Waals surface area contributed by atoms with Gasteiger partial charge < -0.3 is 10.2 Å². The van der Waals surface area contributed by atoms with Crippen molar-refractivity contribution in [2.45, 2.75) is 0 Å². The van der Waals surface area contributed by atoms with Gasteiger partial charge in [-0.2, -0.15) is 0 Å². The molecule has 0 unspecified atom stereocenters. The summed E-state index contributed by atoms with van der Waals surface area (Å²) in [6.45, 7) is 6.18. The van der Waals surface area contributed by atoms with E-state index in [-0.39, 0.29) is 5.15 Å². The molecule has 1 aliphatic rings. The predicted molar refractivity (Wildman–Crippen MR) is 81.7 cm³/mol. The second-order valence-electron chi connectivity index (χ2n) is 4.66. The van der Waals surface area contributed by atoms with Crippen molar-refractivity contribution in [3.63, 3.8) is 0 Å². The Bertz CT molecular complexity index is 433. The summed E-state index contributed by atoms with van der Waals surface area (Å²) >= 11 is 17.8. The van der Waals surface area contributed by atoms with E-state index in [4.69, 9.17) is 34.8 Å². The number of nitrogens with one attached hydrogen (secondary N) is 1. The predicted octanol–water partition coefficient (Wildman–Crippen LogP) is 2.70. The van der Waals surface area contributed by atoms with E-state index >= 15 is 0 Å². The minimum atomic E-state index is 0.271. The molecule has 0 aliphatic carbocycles. The first-order valence-corrected chi connectivity index (χ1v) is 7.36. The second-order valence-corrected chi connectivity index (χ2v) is 5.84. The maximum Gasteiger partial charge on any atom is 0.150 e. The van der Waals surface area contributed by atoms with Gasteiger partial charge in [0.1, 0.15) is 11.0 Å². The lowest BCUT2D eigenvalue weighted by molar-refractivity contribution is 0.158. The van der Waals surface area contributed by atoms with Crippen LogP contribution in [0.15, 0.2) is 6.07 Å². The van der Waals surface area contributed by atoms with Crippen molar-refractivity contribution >= 4 is 40.6 Å². The molecule has 1 saturated heterocycles. The Labute approximate surface area is 128 Å². The quantitative estimate of drug-likeness (QED) is 0.863. The summed E-state index contributed by atoms with van der Waals surface area (Å²) in [4.78, 5) is 8.88. The molecule has 2 heterocycles. The molecule has 0 aromatic carbocycles. The van der Waals surface area contributed by atoms with Crippen LogP contribution in [0.4, 0.5) is 5.82 Å². The first kappa shape index (κ1) is 15.1. The zero-order valence-electron chi connectivity index (χ0n) is 10.8. The summed E-state index contributed by atoms with van der Waals surface area (Å²) in [5, 5.41) is 4.33. The molecule has 1 aliphatic heterocycles. The van der Waals surface area contributed by atoms with E-state index in [0.717, 1.165) is 39.3 Å². The van der Waals surface area contributed by atoms with Crippen LogP contribution in [0.2, 0.25) is 15.2 Å². The van der Waals surface area contributed by atoms with Crippen LogP contribution in [-0.4, -0.2) is 61.1 Å². The first-order chi connectivity index (χ1) is 9.06. The standard InChI is InChI=1S/C12H17Cl3N4/c1-18-4-6-19(7-5-18)3-2-16-12-10(14)8-9(13)11(15)17-12/h8H,2-7H2,1H3,(H,16,17). The number of aromatic nitrogens is 1. The normalized spacial score (nSPS) is 17.7. The van der Waals surface area contributed by atoms with Crippen LogP contribution in [-0.2, 0) is 0 Å². The third-order valence-corrected chi connectivity index (χ3v) is 4.16. The van der Waals surface area contributed by atoms with E-state index in [1.165, 1.54) is 0 Å². The highest BCUT2D eigenvalue weighted by Crippen LogP contribution is 2.28. The average molecular weight is 324 g/mol. The minimum absolute atomic E-state index is 0.271. The molecule has 1 fully saturated rings. The molecule has 7 heteroatoms. The summed E-state index contributed by atoms with van der Waals surface area (Å²) in [7, 11) is 2.15. The van der Waals surface area contributed by atoms with Gasteiger partial charge in [-0.1, -0.05) is 34.8 Å². The molecule has 4 nitrogen and oxygen atoms in total. The average Bonchev–Trinajstić information content (AvgIpc) is 2.38. The fourth-order valence-corrected chi connectivity index (χ4v) is 2.54. The Balaban J connectivity index is 1.81. The van der Waals surface area contributed by atoms with E-state index in [2.05, 4.69) is 27.1 Å². The number of anilines is 1. The van der Waals surface area contributed by atoms with Gasteiger partial charge in [0.25, 0.3) is 0 Å². The molecular weight excluding hydrogens is 307 g/mol. The van der Waals surface area contributed by atoms with E-state index in [0.29, 0.717) is 15.9 Å². The highest BCUT2D eigenvalue weighted by molar-refractivity contribution is 6.42. The molecule has 19 heavy (non-hydrogen) atoms. The lowest BCUT2D eigenvalue weighted by atomic mass is 10.3. The number of pyridine rings is 1. The van der Waals surface area contributed by atoms with Gasteiger partial charge in [-0.3, -0.25) is 4.90 Å². The molecular formula is C12H17Cl3N4. The molecule has 1 aromatic heterocycles. The lowest BCUT2D eigenvalue weighted by Crippen LogP contribution is -2.45. The zero-order chi connectivity index (χ0) is 13.8. The summed E-state index contributed by atoms with van der Waals surface area (Å²) in [5.41, 5.74) is 0. The molecule has 0 radical (unpaired) electrons. The number of hydrogen-bond acceptors (Lipinski definition) is 4. The van der Waals surface area contributed by atoms with Crippen LogP contribution < -0.4 is 5.32 Å². The summed E-state index contributed by atoms with van der Waals surface area (Å²) in [5.74, 6) is 0.588. The van der Waals surface area contributed by atoms with E-state index in [1.54, 1.807) is 6.07 Å². The molecule has 2 rings (SSSR count). The van der Waals surface area contributed by atoms with Crippen LogP contribution in [0.25, 0.3) is 0 Å². The van der Waals surface area contributed by atoms with Gasteiger partial charge in [-0.05, 0) is 13.1 Å². The number of halogens is 3. The van der Waals surface area contributed by atoms with Crippen LogP contribution >= 0.6 is 34.8 Å².